The summed E-state index contributed by atoms with van der Waals surface area (Å²) in [6.45, 7) is 3.89. The monoisotopic (exact) mass is 277 g/mol. The minimum atomic E-state index is -0.145. The van der Waals surface area contributed by atoms with Gasteiger partial charge in [-0.25, -0.2) is 0 Å². The molecular weight excluding hydrogens is 254 g/mol. The Morgan fingerprint density at radius 1 is 1.35 bits per heavy atom. The zero-order chi connectivity index (χ0) is 15.0. The molecule has 0 bridgehead atoms. The molecular formula is C15H23N3O2. The highest BCUT2D eigenvalue weighted by molar-refractivity contribution is 5.60. The largest absolute Gasteiger partial charge is 0.496 e. The third-order valence-electron chi connectivity index (χ3n) is 3.12. The van der Waals surface area contributed by atoms with Gasteiger partial charge in [0, 0.05) is 37.5 Å². The molecule has 0 saturated carbocycles. The van der Waals surface area contributed by atoms with Crippen LogP contribution in [-0.4, -0.2) is 33.9 Å². The molecule has 20 heavy (non-hydrogen) atoms. The second-order valence-electron chi connectivity index (χ2n) is 4.57. The summed E-state index contributed by atoms with van der Waals surface area (Å²) in [6.07, 6.45) is 0.458. The Morgan fingerprint density at radius 2 is 2.10 bits per heavy atom. The Bertz CT molecular complexity index is 455. The molecule has 0 aliphatic carbocycles. The van der Waals surface area contributed by atoms with E-state index in [-0.39, 0.29) is 6.04 Å². The maximum Gasteiger partial charge on any atom is 0.125 e. The van der Waals surface area contributed by atoms with Crippen LogP contribution in [0.5, 0.6) is 5.75 Å². The van der Waals surface area contributed by atoms with Crippen molar-refractivity contribution in [2.45, 2.75) is 19.4 Å². The van der Waals surface area contributed by atoms with Crippen LogP contribution in [0.2, 0.25) is 0 Å². The third kappa shape index (κ3) is 4.12. The van der Waals surface area contributed by atoms with E-state index in [1.54, 1.807) is 14.2 Å². The Morgan fingerprint density at radius 3 is 2.65 bits per heavy atom. The molecule has 5 nitrogen and oxygen atoms in total. The van der Waals surface area contributed by atoms with Crippen molar-refractivity contribution in [2.24, 2.45) is 5.73 Å². The number of nitriles is 1. The molecule has 0 heterocycles. The van der Waals surface area contributed by atoms with Crippen LogP contribution >= 0.6 is 0 Å². The smallest absolute Gasteiger partial charge is 0.125 e. The molecule has 1 rings (SSSR count). The zero-order valence-electron chi connectivity index (χ0n) is 12.4. The molecule has 0 amide bonds. The van der Waals surface area contributed by atoms with Crippen LogP contribution < -0.4 is 15.4 Å². The first-order valence-electron chi connectivity index (χ1n) is 6.69. The van der Waals surface area contributed by atoms with E-state index < -0.39 is 0 Å². The van der Waals surface area contributed by atoms with Crippen molar-refractivity contribution < 1.29 is 9.47 Å². The number of nitrogens with zero attached hydrogens (tertiary/aromatic N) is 2. The van der Waals surface area contributed by atoms with Crippen molar-refractivity contribution in [2.75, 3.05) is 38.8 Å². The van der Waals surface area contributed by atoms with Gasteiger partial charge in [-0.3, -0.25) is 0 Å². The topological polar surface area (TPSA) is 71.5 Å². The van der Waals surface area contributed by atoms with E-state index in [2.05, 4.69) is 11.0 Å². The Labute approximate surface area is 120 Å². The van der Waals surface area contributed by atoms with Gasteiger partial charge in [0.1, 0.15) is 5.75 Å². The van der Waals surface area contributed by atoms with Crippen molar-refractivity contribution in [3.05, 3.63) is 23.8 Å². The highest BCUT2D eigenvalue weighted by Gasteiger charge is 2.17. The number of ether oxygens (including phenoxy) is 2. The van der Waals surface area contributed by atoms with Gasteiger partial charge in [-0.1, -0.05) is 6.07 Å². The minimum Gasteiger partial charge on any atom is -0.496 e. The van der Waals surface area contributed by atoms with Crippen molar-refractivity contribution in [3.63, 3.8) is 0 Å². The molecule has 110 valence electrons. The number of anilines is 1. The summed E-state index contributed by atoms with van der Waals surface area (Å²) in [5.74, 6) is 0.775. The normalized spacial score (nSPS) is 11.8. The molecule has 0 saturated heterocycles. The summed E-state index contributed by atoms with van der Waals surface area (Å²) in [4.78, 5) is 2.12. The fourth-order valence-electron chi connectivity index (χ4n) is 2.18. The third-order valence-corrected chi connectivity index (χ3v) is 3.12. The number of hydrogen-bond acceptors (Lipinski definition) is 5. The first-order chi connectivity index (χ1) is 9.65. The molecule has 2 N–H and O–H groups in total. The second kappa shape index (κ2) is 8.41. The van der Waals surface area contributed by atoms with Crippen LogP contribution in [0.4, 0.5) is 5.69 Å². The standard InChI is InChI=1S/C15H23N3O2/c1-12(17)15-13(6-4-7-14(15)20-3)18(9-5-8-16)10-11-19-2/h4,6-7,12H,5,9-11,17H2,1-3H3/t12-/m0/s1. The number of hydrogen-bond donors (Lipinski definition) is 1. The molecule has 1 aromatic rings. The Kier molecular flexibility index (Phi) is 6.85. The van der Waals surface area contributed by atoms with E-state index in [0.29, 0.717) is 26.1 Å². The SMILES string of the molecule is COCCN(CCC#N)c1cccc(OC)c1[C@H](C)N. The van der Waals surface area contributed by atoms with Crippen LogP contribution in [0.3, 0.4) is 0 Å². The van der Waals surface area contributed by atoms with E-state index in [1.807, 2.05) is 25.1 Å². The lowest BCUT2D eigenvalue weighted by Gasteiger charge is -2.28. The molecule has 1 atom stereocenters. The van der Waals surface area contributed by atoms with Crippen molar-refractivity contribution in [1.82, 2.24) is 0 Å². The van der Waals surface area contributed by atoms with E-state index >= 15 is 0 Å². The molecule has 0 aliphatic rings. The summed E-state index contributed by atoms with van der Waals surface area (Å²) in [6, 6.07) is 7.88. The Hall–Kier alpha value is -1.77. The van der Waals surface area contributed by atoms with Gasteiger partial charge in [0.05, 0.1) is 26.2 Å². The number of rotatable bonds is 8. The number of nitrogens with two attached hydrogens (primary N) is 1. The first kappa shape index (κ1) is 16.3. The molecule has 0 spiro atoms. The molecule has 0 aliphatic heterocycles. The molecule has 1 aromatic carbocycles. The fourth-order valence-corrected chi connectivity index (χ4v) is 2.18. The van der Waals surface area contributed by atoms with Crippen LogP contribution in [0.1, 0.15) is 24.9 Å². The van der Waals surface area contributed by atoms with Crippen LogP contribution in [0.15, 0.2) is 18.2 Å². The zero-order valence-corrected chi connectivity index (χ0v) is 12.4. The quantitative estimate of drug-likeness (QED) is 0.787. The lowest BCUT2D eigenvalue weighted by Crippen LogP contribution is -2.30. The summed E-state index contributed by atoms with van der Waals surface area (Å²) in [5, 5.41) is 8.81. The van der Waals surface area contributed by atoms with Gasteiger partial charge in [0.15, 0.2) is 0 Å². The predicted molar refractivity (Wildman–Crippen MR) is 79.9 cm³/mol. The van der Waals surface area contributed by atoms with Crippen LogP contribution in [-0.2, 0) is 4.74 Å². The molecule has 0 unspecified atom stereocenters. The lowest BCUT2D eigenvalue weighted by atomic mass is 10.0. The van der Waals surface area contributed by atoms with E-state index in [0.717, 1.165) is 17.0 Å². The van der Waals surface area contributed by atoms with Gasteiger partial charge in [0.25, 0.3) is 0 Å². The second-order valence-corrected chi connectivity index (χ2v) is 4.57. The van der Waals surface area contributed by atoms with Crippen LogP contribution in [0.25, 0.3) is 0 Å². The summed E-state index contributed by atoms with van der Waals surface area (Å²) in [5.41, 5.74) is 8.05. The van der Waals surface area contributed by atoms with Gasteiger partial charge in [0.2, 0.25) is 0 Å². The average molecular weight is 277 g/mol. The molecule has 0 aromatic heterocycles. The van der Waals surface area contributed by atoms with E-state index in [9.17, 15) is 0 Å². The maximum absolute atomic E-state index is 8.81. The van der Waals surface area contributed by atoms with Gasteiger partial charge in [-0.2, -0.15) is 5.26 Å². The van der Waals surface area contributed by atoms with Gasteiger partial charge in [-0.05, 0) is 19.1 Å². The lowest BCUT2D eigenvalue weighted by molar-refractivity contribution is 0.205. The van der Waals surface area contributed by atoms with Crippen LogP contribution in [0, 0.1) is 11.3 Å². The molecule has 0 fully saturated rings. The summed E-state index contributed by atoms with van der Waals surface area (Å²) in [7, 11) is 3.31. The fraction of sp³-hybridized carbons (Fsp3) is 0.533. The summed E-state index contributed by atoms with van der Waals surface area (Å²) < 4.78 is 10.5. The molecule has 0 radical (unpaired) electrons. The van der Waals surface area contributed by atoms with Gasteiger partial charge < -0.3 is 20.1 Å². The Balaban J connectivity index is 3.13. The van der Waals surface area contributed by atoms with Gasteiger partial charge in [-0.15, -0.1) is 0 Å². The maximum atomic E-state index is 8.81. The van der Waals surface area contributed by atoms with Crippen molar-refractivity contribution >= 4 is 5.69 Å². The highest BCUT2D eigenvalue weighted by atomic mass is 16.5. The van der Waals surface area contributed by atoms with Crippen molar-refractivity contribution in [1.29, 1.82) is 5.26 Å². The predicted octanol–water partition coefficient (Wildman–Crippen LogP) is 2.08. The average Bonchev–Trinajstić information content (AvgIpc) is 2.46. The van der Waals surface area contributed by atoms with E-state index in [4.69, 9.17) is 20.5 Å². The highest BCUT2D eigenvalue weighted by Crippen LogP contribution is 2.33. The van der Waals surface area contributed by atoms with Gasteiger partial charge >= 0.3 is 0 Å². The minimum absolute atomic E-state index is 0.145. The number of methoxy groups -OCH3 is 2. The first-order valence-corrected chi connectivity index (χ1v) is 6.69. The van der Waals surface area contributed by atoms with E-state index in [1.165, 1.54) is 0 Å². The van der Waals surface area contributed by atoms with Crippen molar-refractivity contribution in [3.8, 4) is 11.8 Å². The summed E-state index contributed by atoms with van der Waals surface area (Å²) >= 11 is 0. The molecule has 5 heteroatoms. The number of benzene rings is 1.